The molecule has 2 aromatic carbocycles. The number of hydrogen-bond donors (Lipinski definition) is 2. The van der Waals surface area contributed by atoms with Gasteiger partial charge in [-0.2, -0.15) is 0 Å². The lowest BCUT2D eigenvalue weighted by atomic mass is 9.85. The van der Waals surface area contributed by atoms with Crippen LogP contribution in [0.3, 0.4) is 0 Å². The number of halogens is 1. The number of rotatable bonds is 6. The number of piperidine rings is 1. The number of carbonyl (C=O) groups is 1. The molecule has 0 radical (unpaired) electrons. The predicted octanol–water partition coefficient (Wildman–Crippen LogP) is 5.05. The van der Waals surface area contributed by atoms with Gasteiger partial charge >= 0.3 is 5.97 Å². The quantitative estimate of drug-likeness (QED) is 0.471. The highest BCUT2D eigenvalue weighted by atomic mass is 35.5. The summed E-state index contributed by atoms with van der Waals surface area (Å²) < 4.78 is 12.0. The van der Waals surface area contributed by atoms with E-state index in [9.17, 15) is 19.8 Å². The van der Waals surface area contributed by atoms with Crippen LogP contribution in [-0.2, 0) is 9.53 Å². The van der Waals surface area contributed by atoms with E-state index in [0.717, 1.165) is 18.9 Å². The van der Waals surface area contributed by atoms with Gasteiger partial charge in [0.25, 0.3) is 0 Å². The number of benzene rings is 2. The lowest BCUT2D eigenvalue weighted by Crippen LogP contribution is -2.43. The zero-order valence-corrected chi connectivity index (χ0v) is 20.0. The van der Waals surface area contributed by atoms with Crippen molar-refractivity contribution >= 4 is 28.5 Å². The van der Waals surface area contributed by atoms with Crippen molar-refractivity contribution in [3.05, 3.63) is 57.2 Å². The molecule has 0 amide bonds. The van der Waals surface area contributed by atoms with E-state index in [-0.39, 0.29) is 34.2 Å². The number of aromatic hydroxyl groups is 2. The van der Waals surface area contributed by atoms with Crippen molar-refractivity contribution in [1.29, 1.82) is 0 Å². The molecule has 2 heterocycles. The fourth-order valence-electron chi connectivity index (χ4n) is 4.54. The zero-order chi connectivity index (χ0) is 24.4. The van der Waals surface area contributed by atoms with Crippen molar-refractivity contribution in [2.45, 2.75) is 44.6 Å². The Bertz CT molecular complexity index is 1270. The summed E-state index contributed by atoms with van der Waals surface area (Å²) in [5.41, 5.74) is 0.478. The van der Waals surface area contributed by atoms with Gasteiger partial charge in [-0.25, -0.2) is 0 Å². The molecule has 0 bridgehead atoms. The molecule has 8 heteroatoms. The molecule has 2 atom stereocenters. The highest BCUT2D eigenvalue weighted by Crippen LogP contribution is 2.43. The molecule has 4 rings (SSSR count). The van der Waals surface area contributed by atoms with Gasteiger partial charge in [0.15, 0.2) is 5.43 Å². The summed E-state index contributed by atoms with van der Waals surface area (Å²) in [4.78, 5) is 27.6. The van der Waals surface area contributed by atoms with Crippen LogP contribution in [0.4, 0.5) is 0 Å². The van der Waals surface area contributed by atoms with Crippen LogP contribution in [0.1, 0.15) is 44.1 Å². The van der Waals surface area contributed by atoms with Crippen LogP contribution in [-0.4, -0.2) is 47.3 Å². The average molecular weight is 486 g/mol. The second-order valence-corrected chi connectivity index (χ2v) is 9.18. The van der Waals surface area contributed by atoms with Gasteiger partial charge in [-0.1, -0.05) is 37.1 Å². The third kappa shape index (κ3) is 4.76. The first-order valence-electron chi connectivity index (χ1n) is 11.5. The minimum atomic E-state index is -0.545. The first-order chi connectivity index (χ1) is 16.3. The summed E-state index contributed by atoms with van der Waals surface area (Å²) in [5, 5.41) is 21.8. The minimum absolute atomic E-state index is 0.0291. The number of fused-ring (bicyclic) bond motifs is 1. The summed E-state index contributed by atoms with van der Waals surface area (Å²) in [7, 11) is 1.94. The van der Waals surface area contributed by atoms with E-state index in [1.165, 1.54) is 6.07 Å². The Kier molecular flexibility index (Phi) is 7.14. The smallest absolute Gasteiger partial charge is 0.306 e. The molecule has 2 N–H and O–H groups in total. The van der Waals surface area contributed by atoms with Crippen molar-refractivity contribution < 1.29 is 24.2 Å². The largest absolute Gasteiger partial charge is 0.507 e. The summed E-state index contributed by atoms with van der Waals surface area (Å²) >= 11 is 6.33. The molecule has 7 nitrogen and oxygen atoms in total. The highest BCUT2D eigenvalue weighted by molar-refractivity contribution is 6.33. The van der Waals surface area contributed by atoms with Crippen LogP contribution in [0, 0.1) is 0 Å². The summed E-state index contributed by atoms with van der Waals surface area (Å²) in [6, 6.07) is 9.38. The summed E-state index contributed by atoms with van der Waals surface area (Å²) in [6.45, 7) is 3.17. The number of carbonyl (C=O) groups excluding carboxylic acids is 1. The van der Waals surface area contributed by atoms with Crippen LogP contribution in [0.15, 0.2) is 45.6 Å². The van der Waals surface area contributed by atoms with E-state index >= 15 is 0 Å². The van der Waals surface area contributed by atoms with E-state index in [1.807, 2.05) is 14.0 Å². The molecule has 1 fully saturated rings. The third-order valence-corrected chi connectivity index (χ3v) is 6.62. The first kappa shape index (κ1) is 24.1. The fourth-order valence-corrected chi connectivity index (χ4v) is 4.77. The Morgan fingerprint density at radius 3 is 2.74 bits per heavy atom. The molecular formula is C26H28ClNO6. The predicted molar refractivity (Wildman–Crippen MR) is 131 cm³/mol. The Morgan fingerprint density at radius 1 is 1.24 bits per heavy atom. The van der Waals surface area contributed by atoms with Crippen LogP contribution in [0.5, 0.6) is 11.5 Å². The number of likely N-dealkylation sites (tertiary alicyclic amines) is 1. The highest BCUT2D eigenvalue weighted by Gasteiger charge is 2.36. The maximum atomic E-state index is 13.0. The van der Waals surface area contributed by atoms with Gasteiger partial charge in [-0.3, -0.25) is 9.59 Å². The van der Waals surface area contributed by atoms with Crippen molar-refractivity contribution in [3.8, 4) is 22.8 Å². The van der Waals surface area contributed by atoms with Crippen LogP contribution in [0.25, 0.3) is 22.3 Å². The van der Waals surface area contributed by atoms with Gasteiger partial charge in [-0.15, -0.1) is 0 Å². The van der Waals surface area contributed by atoms with Gasteiger partial charge in [0, 0.05) is 42.1 Å². The first-order valence-corrected chi connectivity index (χ1v) is 11.8. The minimum Gasteiger partial charge on any atom is -0.507 e. The molecule has 1 aliphatic heterocycles. The van der Waals surface area contributed by atoms with Gasteiger partial charge < -0.3 is 24.3 Å². The molecule has 1 aromatic heterocycles. The summed E-state index contributed by atoms with van der Waals surface area (Å²) in [5.74, 6) is -1.09. The van der Waals surface area contributed by atoms with Gasteiger partial charge in [0.2, 0.25) is 0 Å². The lowest BCUT2D eigenvalue weighted by Gasteiger charge is -2.36. The maximum absolute atomic E-state index is 13.0. The average Bonchev–Trinajstić information content (AvgIpc) is 2.78. The molecule has 1 aliphatic rings. The number of ether oxygens (including phenoxy) is 1. The Hall–Kier alpha value is -3.03. The fraction of sp³-hybridized carbons (Fsp3) is 0.385. The number of nitrogens with zero attached hydrogens (tertiary/aromatic N) is 1. The third-order valence-electron chi connectivity index (χ3n) is 6.29. The van der Waals surface area contributed by atoms with E-state index in [1.54, 1.807) is 24.3 Å². The SMILES string of the molecule is CCCCC(=O)OC1CN(C)CCC1c1c(O)cc(O)c2c(=O)cc(-c3ccccc3Cl)oc12. The molecule has 0 aliphatic carbocycles. The van der Waals surface area contributed by atoms with Crippen molar-refractivity contribution in [1.82, 2.24) is 4.90 Å². The molecule has 3 aromatic rings. The van der Waals surface area contributed by atoms with Crippen molar-refractivity contribution in [3.63, 3.8) is 0 Å². The van der Waals surface area contributed by atoms with Gasteiger partial charge in [-0.05, 0) is 38.6 Å². The monoisotopic (exact) mass is 485 g/mol. The van der Waals surface area contributed by atoms with Crippen LogP contribution < -0.4 is 5.43 Å². The molecule has 1 saturated heterocycles. The van der Waals surface area contributed by atoms with Crippen molar-refractivity contribution in [2.75, 3.05) is 20.1 Å². The number of unbranched alkanes of at least 4 members (excludes halogenated alkanes) is 1. The molecule has 34 heavy (non-hydrogen) atoms. The van der Waals surface area contributed by atoms with Gasteiger partial charge in [0.05, 0.1) is 5.02 Å². The van der Waals surface area contributed by atoms with Gasteiger partial charge in [0.1, 0.15) is 34.3 Å². The number of hydrogen-bond acceptors (Lipinski definition) is 7. The lowest BCUT2D eigenvalue weighted by molar-refractivity contribution is -0.152. The zero-order valence-electron chi connectivity index (χ0n) is 19.2. The van der Waals surface area contributed by atoms with Crippen LogP contribution >= 0.6 is 11.6 Å². The van der Waals surface area contributed by atoms with Crippen LogP contribution in [0.2, 0.25) is 5.02 Å². The molecule has 180 valence electrons. The molecule has 0 spiro atoms. The summed E-state index contributed by atoms with van der Waals surface area (Å²) in [6.07, 6.45) is 1.95. The second-order valence-electron chi connectivity index (χ2n) is 8.78. The maximum Gasteiger partial charge on any atom is 0.306 e. The number of likely N-dealkylation sites (N-methyl/N-ethyl adjacent to an activating group) is 1. The molecule has 0 saturated carbocycles. The number of phenols is 2. The second kappa shape index (κ2) is 10.1. The van der Waals surface area contributed by atoms with E-state index in [2.05, 4.69) is 4.90 Å². The van der Waals surface area contributed by atoms with E-state index < -0.39 is 17.5 Å². The normalized spacial score (nSPS) is 18.8. The molecule has 2 unspecified atom stereocenters. The topological polar surface area (TPSA) is 100 Å². The number of esters is 1. The molecular weight excluding hydrogens is 458 g/mol. The number of phenolic OH excluding ortho intramolecular Hbond substituents is 2. The van der Waals surface area contributed by atoms with Crippen molar-refractivity contribution in [2.24, 2.45) is 0 Å². The van der Waals surface area contributed by atoms with E-state index in [4.69, 9.17) is 20.8 Å². The standard InChI is InChI=1S/C26H28ClNO6/c1-3-4-9-23(32)33-22-14-28(2)11-10-16(22)24-18(29)12-19(30)25-20(31)13-21(34-26(24)25)15-7-5-6-8-17(15)27/h5-8,12-13,16,22,29-30H,3-4,9-11,14H2,1-2H3. The Labute approximate surface area is 202 Å². The Morgan fingerprint density at radius 2 is 2.00 bits per heavy atom. The van der Waals surface area contributed by atoms with E-state index in [0.29, 0.717) is 42.1 Å². The Balaban J connectivity index is 1.87.